The minimum Gasteiger partial charge on any atom is -0.326 e. The number of rotatable bonds is 6. The summed E-state index contributed by atoms with van der Waals surface area (Å²) in [6.45, 7) is 3.79. The molecular formula is C17H19ClN2O3S. The van der Waals surface area contributed by atoms with E-state index in [9.17, 15) is 13.2 Å². The SMILES string of the molecule is CC(C)C(=O)Nc1ccc(CNS(=O)(=O)c2ccc(Cl)cc2)cc1. The van der Waals surface area contributed by atoms with Crippen LogP contribution < -0.4 is 10.0 Å². The van der Waals surface area contributed by atoms with E-state index in [0.717, 1.165) is 5.56 Å². The van der Waals surface area contributed by atoms with Gasteiger partial charge in [0.05, 0.1) is 4.90 Å². The molecule has 24 heavy (non-hydrogen) atoms. The largest absolute Gasteiger partial charge is 0.326 e. The van der Waals surface area contributed by atoms with Crippen molar-refractivity contribution in [3.05, 3.63) is 59.1 Å². The first-order chi connectivity index (χ1) is 11.3. The molecule has 0 aliphatic rings. The molecule has 0 saturated carbocycles. The first kappa shape index (κ1) is 18.4. The van der Waals surface area contributed by atoms with Crippen LogP contribution in [0.25, 0.3) is 0 Å². The van der Waals surface area contributed by atoms with Gasteiger partial charge < -0.3 is 5.32 Å². The maximum atomic E-state index is 12.2. The molecular weight excluding hydrogens is 348 g/mol. The van der Waals surface area contributed by atoms with Crippen LogP contribution in [0.3, 0.4) is 0 Å². The zero-order valence-corrected chi connectivity index (χ0v) is 15.0. The Hall–Kier alpha value is -1.89. The number of hydrogen-bond donors (Lipinski definition) is 2. The first-order valence-electron chi connectivity index (χ1n) is 7.43. The lowest BCUT2D eigenvalue weighted by atomic mass is 10.2. The van der Waals surface area contributed by atoms with Crippen molar-refractivity contribution in [3.63, 3.8) is 0 Å². The zero-order valence-electron chi connectivity index (χ0n) is 13.4. The van der Waals surface area contributed by atoms with Crippen LogP contribution in [0, 0.1) is 5.92 Å². The Balaban J connectivity index is 1.99. The number of halogens is 1. The number of hydrogen-bond acceptors (Lipinski definition) is 3. The predicted octanol–water partition coefficient (Wildman–Crippen LogP) is 3.41. The molecule has 7 heteroatoms. The fourth-order valence-electron chi connectivity index (χ4n) is 1.87. The van der Waals surface area contributed by atoms with Crippen molar-refractivity contribution in [1.29, 1.82) is 0 Å². The van der Waals surface area contributed by atoms with Gasteiger partial charge in [-0.1, -0.05) is 37.6 Å². The average molecular weight is 367 g/mol. The molecule has 0 aliphatic carbocycles. The molecule has 0 bridgehead atoms. The zero-order chi connectivity index (χ0) is 17.7. The lowest BCUT2D eigenvalue weighted by Gasteiger charge is -2.09. The van der Waals surface area contributed by atoms with Crippen molar-refractivity contribution < 1.29 is 13.2 Å². The number of amides is 1. The second-order valence-corrected chi connectivity index (χ2v) is 7.82. The summed E-state index contributed by atoms with van der Waals surface area (Å²) in [6.07, 6.45) is 0. The molecule has 0 saturated heterocycles. The van der Waals surface area contributed by atoms with E-state index in [1.807, 2.05) is 13.8 Å². The minimum atomic E-state index is -3.59. The molecule has 1 amide bonds. The quantitative estimate of drug-likeness (QED) is 0.822. The van der Waals surface area contributed by atoms with Crippen LogP contribution in [0.15, 0.2) is 53.4 Å². The molecule has 2 aromatic rings. The van der Waals surface area contributed by atoms with Gasteiger partial charge in [0.1, 0.15) is 0 Å². The van der Waals surface area contributed by atoms with Crippen molar-refractivity contribution in [3.8, 4) is 0 Å². The highest BCUT2D eigenvalue weighted by molar-refractivity contribution is 7.89. The lowest BCUT2D eigenvalue weighted by molar-refractivity contribution is -0.118. The first-order valence-corrected chi connectivity index (χ1v) is 9.29. The van der Waals surface area contributed by atoms with E-state index in [1.54, 1.807) is 24.3 Å². The highest BCUT2D eigenvalue weighted by Crippen LogP contribution is 2.15. The van der Waals surface area contributed by atoms with Gasteiger partial charge >= 0.3 is 0 Å². The van der Waals surface area contributed by atoms with Gasteiger partial charge in [-0.3, -0.25) is 4.79 Å². The molecule has 2 N–H and O–H groups in total. The van der Waals surface area contributed by atoms with Crippen LogP contribution in [0.5, 0.6) is 0 Å². The van der Waals surface area contributed by atoms with E-state index in [1.165, 1.54) is 24.3 Å². The Labute approximate surface area is 147 Å². The molecule has 0 spiro atoms. The van der Waals surface area contributed by atoms with Crippen LogP contribution in [0.1, 0.15) is 19.4 Å². The number of sulfonamides is 1. The lowest BCUT2D eigenvalue weighted by Crippen LogP contribution is -2.23. The molecule has 128 valence electrons. The van der Waals surface area contributed by atoms with Gasteiger partial charge in [0.15, 0.2) is 0 Å². The Morgan fingerprint density at radius 2 is 1.62 bits per heavy atom. The third kappa shape index (κ3) is 5.06. The Bertz CT molecular complexity index is 801. The Morgan fingerprint density at radius 1 is 1.04 bits per heavy atom. The fraction of sp³-hybridized carbons (Fsp3) is 0.235. The Morgan fingerprint density at radius 3 is 2.17 bits per heavy atom. The average Bonchev–Trinajstić information content (AvgIpc) is 2.54. The molecule has 0 aliphatic heterocycles. The standard InChI is InChI=1S/C17H19ClN2O3S/c1-12(2)17(21)20-15-7-3-13(4-8-15)11-19-24(22,23)16-9-5-14(18)6-10-16/h3-10,12,19H,11H2,1-2H3,(H,20,21). The second kappa shape index (κ2) is 7.79. The van der Waals surface area contributed by atoms with E-state index < -0.39 is 10.0 Å². The third-order valence-electron chi connectivity index (χ3n) is 3.34. The summed E-state index contributed by atoms with van der Waals surface area (Å²) in [5.74, 6) is -0.165. The molecule has 0 aromatic heterocycles. The predicted molar refractivity (Wildman–Crippen MR) is 95.4 cm³/mol. The topological polar surface area (TPSA) is 75.3 Å². The summed E-state index contributed by atoms with van der Waals surface area (Å²) in [4.78, 5) is 11.8. The Kier molecular flexibility index (Phi) is 5.99. The number of nitrogens with one attached hydrogen (secondary N) is 2. The summed E-state index contributed by atoms with van der Waals surface area (Å²) in [6, 6.07) is 13.0. The van der Waals surface area contributed by atoms with Gasteiger partial charge in [0, 0.05) is 23.2 Å². The van der Waals surface area contributed by atoms with Crippen molar-refractivity contribution in [1.82, 2.24) is 4.72 Å². The molecule has 5 nitrogen and oxygen atoms in total. The van der Waals surface area contributed by atoms with Crippen LogP contribution in [0.4, 0.5) is 5.69 Å². The van der Waals surface area contributed by atoms with Crippen molar-refractivity contribution >= 4 is 33.2 Å². The highest BCUT2D eigenvalue weighted by Gasteiger charge is 2.13. The number of carbonyl (C=O) groups excluding carboxylic acids is 1. The van der Waals surface area contributed by atoms with Crippen LogP contribution in [-0.2, 0) is 21.4 Å². The second-order valence-electron chi connectivity index (χ2n) is 5.62. The molecule has 0 fully saturated rings. The number of benzene rings is 2. The minimum absolute atomic E-state index is 0.0637. The normalized spacial score (nSPS) is 11.5. The maximum absolute atomic E-state index is 12.2. The van der Waals surface area contributed by atoms with Gasteiger partial charge in [0.25, 0.3) is 0 Å². The van der Waals surface area contributed by atoms with Crippen molar-refractivity contribution in [2.75, 3.05) is 5.32 Å². The molecule has 2 rings (SSSR count). The summed E-state index contributed by atoms with van der Waals surface area (Å²) in [5, 5.41) is 3.26. The summed E-state index contributed by atoms with van der Waals surface area (Å²) in [7, 11) is -3.59. The number of carbonyl (C=O) groups is 1. The molecule has 0 radical (unpaired) electrons. The van der Waals surface area contributed by atoms with Crippen molar-refractivity contribution in [2.24, 2.45) is 5.92 Å². The van der Waals surface area contributed by atoms with E-state index in [2.05, 4.69) is 10.0 Å². The van der Waals surface area contributed by atoms with Crippen LogP contribution in [-0.4, -0.2) is 14.3 Å². The monoisotopic (exact) mass is 366 g/mol. The maximum Gasteiger partial charge on any atom is 0.240 e. The van der Waals surface area contributed by atoms with E-state index in [0.29, 0.717) is 10.7 Å². The molecule has 0 atom stereocenters. The van der Waals surface area contributed by atoms with Gasteiger partial charge in [-0.05, 0) is 42.0 Å². The number of anilines is 1. The molecule has 2 aromatic carbocycles. The van der Waals surface area contributed by atoms with Crippen LogP contribution >= 0.6 is 11.6 Å². The highest BCUT2D eigenvalue weighted by atomic mass is 35.5. The summed E-state index contributed by atoms with van der Waals surface area (Å²) < 4.78 is 26.9. The third-order valence-corrected chi connectivity index (χ3v) is 5.01. The van der Waals surface area contributed by atoms with Crippen molar-refractivity contribution in [2.45, 2.75) is 25.3 Å². The van der Waals surface area contributed by atoms with Gasteiger partial charge in [-0.2, -0.15) is 0 Å². The summed E-state index contributed by atoms with van der Waals surface area (Å²) in [5.41, 5.74) is 1.47. The van der Waals surface area contributed by atoms with Gasteiger partial charge in [-0.25, -0.2) is 13.1 Å². The van der Waals surface area contributed by atoms with Gasteiger partial charge in [-0.15, -0.1) is 0 Å². The smallest absolute Gasteiger partial charge is 0.240 e. The van der Waals surface area contributed by atoms with E-state index >= 15 is 0 Å². The van der Waals surface area contributed by atoms with E-state index in [-0.39, 0.29) is 23.3 Å². The fourth-order valence-corrected chi connectivity index (χ4v) is 3.01. The van der Waals surface area contributed by atoms with Gasteiger partial charge in [0.2, 0.25) is 15.9 Å². The van der Waals surface area contributed by atoms with Crippen LogP contribution in [0.2, 0.25) is 5.02 Å². The summed E-state index contributed by atoms with van der Waals surface area (Å²) >= 11 is 5.76. The van der Waals surface area contributed by atoms with E-state index in [4.69, 9.17) is 11.6 Å². The molecule has 0 unspecified atom stereocenters. The molecule has 0 heterocycles.